The number of hydrogen-bond donors (Lipinski definition) is 1. The molecule has 1 aliphatic rings. The highest BCUT2D eigenvalue weighted by Gasteiger charge is 2.21. The quantitative estimate of drug-likeness (QED) is 0.879. The van der Waals surface area contributed by atoms with Crippen LogP contribution in [0.5, 0.6) is 0 Å². The summed E-state index contributed by atoms with van der Waals surface area (Å²) in [4.78, 5) is 12.6. The molecule has 3 rings (SSSR count). The fraction of sp³-hybridized carbons (Fsp3) is 0.444. The van der Waals surface area contributed by atoms with Crippen molar-refractivity contribution < 1.29 is 13.2 Å². The van der Waals surface area contributed by atoms with Gasteiger partial charge in [-0.15, -0.1) is 0 Å². The van der Waals surface area contributed by atoms with Gasteiger partial charge in [-0.05, 0) is 44.0 Å². The molecule has 0 fully saturated rings. The number of aryl methyl sites for hydroxylation is 1. The van der Waals surface area contributed by atoms with Crippen molar-refractivity contribution in [3.63, 3.8) is 0 Å². The molecular weight excluding hydrogens is 338 g/mol. The molecule has 2 heterocycles. The fourth-order valence-corrected chi connectivity index (χ4v) is 4.08. The normalized spacial score (nSPS) is 17.3. The molecule has 0 bridgehead atoms. The lowest BCUT2D eigenvalue weighted by Gasteiger charge is -2.24. The standard InChI is InChI=1S/C18H23N3O3S/c1-13(2)25(23,24)17-5-3-14(4-6-17)11-18(22)20-15-8-10-21-16(12-15)7-9-19-21/h3-7,9,13,15H,8,10-12H2,1-2H3,(H,20,22)/t15-/m0/s1. The summed E-state index contributed by atoms with van der Waals surface area (Å²) in [6, 6.07) is 8.69. The number of carbonyl (C=O) groups is 1. The van der Waals surface area contributed by atoms with Crippen molar-refractivity contribution in [2.45, 2.75) is 55.8 Å². The monoisotopic (exact) mass is 361 g/mol. The SMILES string of the molecule is CC(C)S(=O)(=O)c1ccc(CC(=O)N[C@H]2CCn3nccc3C2)cc1. The Morgan fingerprint density at radius 2 is 2.00 bits per heavy atom. The minimum Gasteiger partial charge on any atom is -0.353 e. The summed E-state index contributed by atoms with van der Waals surface area (Å²) in [5, 5.41) is 6.84. The highest BCUT2D eigenvalue weighted by molar-refractivity contribution is 7.92. The first kappa shape index (κ1) is 17.7. The van der Waals surface area contributed by atoms with Gasteiger partial charge in [0.15, 0.2) is 9.84 Å². The number of nitrogens with zero attached hydrogens (tertiary/aromatic N) is 2. The molecule has 1 aromatic heterocycles. The van der Waals surface area contributed by atoms with E-state index in [1.54, 1.807) is 44.3 Å². The zero-order chi connectivity index (χ0) is 18.0. The van der Waals surface area contributed by atoms with Crippen molar-refractivity contribution in [3.05, 3.63) is 47.8 Å². The second-order valence-electron chi connectivity index (χ2n) is 6.72. The minimum absolute atomic E-state index is 0.0440. The predicted octanol–water partition coefficient (Wildman–Crippen LogP) is 1.74. The zero-order valence-corrected chi connectivity index (χ0v) is 15.3. The summed E-state index contributed by atoms with van der Waals surface area (Å²) >= 11 is 0. The molecule has 1 amide bonds. The summed E-state index contributed by atoms with van der Waals surface area (Å²) in [5.41, 5.74) is 1.95. The molecule has 0 saturated heterocycles. The number of benzene rings is 1. The molecule has 1 atom stereocenters. The maximum Gasteiger partial charge on any atom is 0.224 e. The van der Waals surface area contributed by atoms with Crippen LogP contribution in [0.1, 0.15) is 31.5 Å². The minimum atomic E-state index is -3.28. The molecule has 1 aromatic carbocycles. The Hall–Kier alpha value is -2.15. The molecule has 0 spiro atoms. The largest absolute Gasteiger partial charge is 0.353 e. The average Bonchev–Trinajstić information content (AvgIpc) is 3.02. The molecular formula is C18H23N3O3S. The molecule has 25 heavy (non-hydrogen) atoms. The Bertz CT molecular complexity index is 854. The van der Waals surface area contributed by atoms with Crippen LogP contribution in [0, 0.1) is 0 Å². The zero-order valence-electron chi connectivity index (χ0n) is 14.5. The lowest BCUT2D eigenvalue weighted by Crippen LogP contribution is -2.40. The van der Waals surface area contributed by atoms with E-state index in [0.29, 0.717) is 4.90 Å². The van der Waals surface area contributed by atoms with E-state index < -0.39 is 15.1 Å². The number of hydrogen-bond acceptors (Lipinski definition) is 4. The summed E-state index contributed by atoms with van der Waals surface area (Å²) in [7, 11) is -3.28. The van der Waals surface area contributed by atoms with Crippen molar-refractivity contribution in [2.24, 2.45) is 0 Å². The Labute approximate surface area is 148 Å². The second-order valence-corrected chi connectivity index (χ2v) is 9.22. The highest BCUT2D eigenvalue weighted by Crippen LogP contribution is 2.17. The van der Waals surface area contributed by atoms with E-state index in [9.17, 15) is 13.2 Å². The molecule has 134 valence electrons. The van der Waals surface area contributed by atoms with E-state index >= 15 is 0 Å². The number of aromatic nitrogens is 2. The number of amides is 1. The van der Waals surface area contributed by atoms with E-state index in [0.717, 1.165) is 30.6 Å². The summed E-state index contributed by atoms with van der Waals surface area (Å²) in [5.74, 6) is -0.0440. The Kier molecular flexibility index (Phi) is 4.94. The van der Waals surface area contributed by atoms with Crippen LogP contribution in [0.15, 0.2) is 41.4 Å². The summed E-state index contributed by atoms with van der Waals surface area (Å²) in [6.45, 7) is 4.13. The summed E-state index contributed by atoms with van der Waals surface area (Å²) < 4.78 is 26.2. The van der Waals surface area contributed by atoms with Crippen molar-refractivity contribution in [2.75, 3.05) is 0 Å². The van der Waals surface area contributed by atoms with Crippen molar-refractivity contribution in [1.29, 1.82) is 0 Å². The first-order valence-electron chi connectivity index (χ1n) is 8.49. The molecule has 0 saturated carbocycles. The van der Waals surface area contributed by atoms with Crippen LogP contribution >= 0.6 is 0 Å². The predicted molar refractivity (Wildman–Crippen MR) is 94.9 cm³/mol. The number of nitrogens with one attached hydrogen (secondary N) is 1. The number of fused-ring (bicyclic) bond motifs is 1. The topological polar surface area (TPSA) is 81.1 Å². The van der Waals surface area contributed by atoms with Gasteiger partial charge in [-0.3, -0.25) is 9.48 Å². The number of sulfone groups is 1. The van der Waals surface area contributed by atoms with Gasteiger partial charge in [0.1, 0.15) is 0 Å². The molecule has 0 unspecified atom stereocenters. The lowest BCUT2D eigenvalue weighted by atomic mass is 10.0. The van der Waals surface area contributed by atoms with Crippen LogP contribution in [-0.4, -0.2) is 35.4 Å². The maximum atomic E-state index is 12.3. The van der Waals surface area contributed by atoms with Gasteiger partial charge in [0.2, 0.25) is 5.91 Å². The third kappa shape index (κ3) is 3.92. The van der Waals surface area contributed by atoms with Gasteiger partial charge in [-0.25, -0.2) is 8.42 Å². The first-order chi connectivity index (χ1) is 11.9. The maximum absolute atomic E-state index is 12.3. The lowest BCUT2D eigenvalue weighted by molar-refractivity contribution is -0.121. The van der Waals surface area contributed by atoms with Gasteiger partial charge in [-0.2, -0.15) is 5.10 Å². The van der Waals surface area contributed by atoms with E-state index in [2.05, 4.69) is 10.4 Å². The van der Waals surface area contributed by atoms with Crippen LogP contribution in [0.25, 0.3) is 0 Å². The van der Waals surface area contributed by atoms with Crippen LogP contribution in [0.4, 0.5) is 0 Å². The van der Waals surface area contributed by atoms with E-state index in [1.165, 1.54) is 0 Å². The Balaban J connectivity index is 1.58. The molecule has 1 aliphatic heterocycles. The molecule has 1 N–H and O–H groups in total. The van der Waals surface area contributed by atoms with Crippen molar-refractivity contribution in [1.82, 2.24) is 15.1 Å². The Morgan fingerprint density at radius 1 is 1.28 bits per heavy atom. The van der Waals surface area contributed by atoms with E-state index in [1.807, 2.05) is 10.7 Å². The highest BCUT2D eigenvalue weighted by atomic mass is 32.2. The van der Waals surface area contributed by atoms with Gasteiger partial charge >= 0.3 is 0 Å². The fourth-order valence-electron chi connectivity index (χ4n) is 3.02. The Morgan fingerprint density at radius 3 is 2.68 bits per heavy atom. The molecule has 0 aliphatic carbocycles. The smallest absolute Gasteiger partial charge is 0.224 e. The number of carbonyl (C=O) groups excluding carboxylic acids is 1. The average molecular weight is 361 g/mol. The molecule has 2 aromatic rings. The second kappa shape index (κ2) is 7.00. The third-order valence-electron chi connectivity index (χ3n) is 4.55. The summed E-state index contributed by atoms with van der Waals surface area (Å²) in [6.07, 6.45) is 3.69. The molecule has 6 nitrogen and oxygen atoms in total. The van der Waals surface area contributed by atoms with E-state index in [4.69, 9.17) is 0 Å². The van der Waals surface area contributed by atoms with Gasteiger partial charge < -0.3 is 5.32 Å². The van der Waals surface area contributed by atoms with Gasteiger partial charge in [0, 0.05) is 30.9 Å². The van der Waals surface area contributed by atoms with Crippen LogP contribution < -0.4 is 5.32 Å². The molecule has 0 radical (unpaired) electrons. The van der Waals surface area contributed by atoms with Gasteiger partial charge in [0.05, 0.1) is 16.6 Å². The molecule has 7 heteroatoms. The first-order valence-corrected chi connectivity index (χ1v) is 10.0. The van der Waals surface area contributed by atoms with Crippen molar-refractivity contribution >= 4 is 15.7 Å². The van der Waals surface area contributed by atoms with Gasteiger partial charge in [-0.1, -0.05) is 12.1 Å². The number of rotatable bonds is 5. The van der Waals surface area contributed by atoms with Crippen LogP contribution in [0.3, 0.4) is 0 Å². The van der Waals surface area contributed by atoms with Crippen LogP contribution in [-0.2, 0) is 34.0 Å². The van der Waals surface area contributed by atoms with E-state index in [-0.39, 0.29) is 18.4 Å². The van der Waals surface area contributed by atoms with Gasteiger partial charge in [0.25, 0.3) is 0 Å². The van der Waals surface area contributed by atoms with Crippen LogP contribution in [0.2, 0.25) is 0 Å². The third-order valence-corrected chi connectivity index (χ3v) is 6.72. The van der Waals surface area contributed by atoms with Crippen molar-refractivity contribution in [3.8, 4) is 0 Å².